The lowest BCUT2D eigenvalue weighted by molar-refractivity contribution is -0.121. The van der Waals surface area contributed by atoms with Gasteiger partial charge in [0.15, 0.2) is 0 Å². The van der Waals surface area contributed by atoms with Gasteiger partial charge in [0.25, 0.3) is 0 Å². The summed E-state index contributed by atoms with van der Waals surface area (Å²) in [6.07, 6.45) is 10.1. The highest BCUT2D eigenvalue weighted by Crippen LogP contribution is 2.33. The van der Waals surface area contributed by atoms with E-state index in [2.05, 4.69) is 30.4 Å². The molecule has 1 amide bonds. The SMILES string of the molecule is CCc1ccc(CCC2CCCC(C(C)C(=O)Nc3ccc(F)c(Cl)c3)CCC2)c(Cl)c1. The van der Waals surface area contributed by atoms with Crippen LogP contribution in [0.3, 0.4) is 0 Å². The first-order chi connectivity index (χ1) is 15.4. The Morgan fingerprint density at radius 3 is 2.41 bits per heavy atom. The molecule has 0 bridgehead atoms. The van der Waals surface area contributed by atoms with Crippen LogP contribution in [-0.2, 0) is 17.6 Å². The predicted octanol–water partition coefficient (Wildman–Crippen LogP) is 8.49. The van der Waals surface area contributed by atoms with E-state index in [9.17, 15) is 9.18 Å². The minimum Gasteiger partial charge on any atom is -0.326 e. The number of carbonyl (C=O) groups is 1. The van der Waals surface area contributed by atoms with E-state index in [0.717, 1.165) is 49.5 Å². The van der Waals surface area contributed by atoms with E-state index in [0.29, 0.717) is 11.6 Å². The molecule has 32 heavy (non-hydrogen) atoms. The third kappa shape index (κ3) is 6.96. The van der Waals surface area contributed by atoms with Crippen LogP contribution in [0.2, 0.25) is 10.0 Å². The number of carbonyl (C=O) groups excluding carboxylic acids is 1. The van der Waals surface area contributed by atoms with Gasteiger partial charge >= 0.3 is 0 Å². The standard InChI is InChI=1S/C27H34Cl2FNO/c1-3-19-10-12-22(24(28)16-19)13-11-20-6-4-8-21(9-5-7-20)18(2)27(32)31-23-14-15-26(30)25(29)17-23/h10,12,14-18,20-21H,3-9,11,13H2,1-2H3,(H,31,32). The maximum Gasteiger partial charge on any atom is 0.227 e. The molecule has 0 radical (unpaired) electrons. The van der Waals surface area contributed by atoms with Crippen molar-refractivity contribution in [1.82, 2.24) is 0 Å². The molecule has 2 nitrogen and oxygen atoms in total. The van der Waals surface area contributed by atoms with Gasteiger partial charge in [-0.15, -0.1) is 0 Å². The molecular formula is C27H34Cl2FNO. The van der Waals surface area contributed by atoms with Crippen molar-refractivity contribution in [3.63, 3.8) is 0 Å². The molecule has 1 fully saturated rings. The Balaban J connectivity index is 1.47. The van der Waals surface area contributed by atoms with Crippen molar-refractivity contribution < 1.29 is 9.18 Å². The van der Waals surface area contributed by atoms with E-state index in [1.54, 1.807) is 6.07 Å². The number of amides is 1. The minimum atomic E-state index is -0.479. The summed E-state index contributed by atoms with van der Waals surface area (Å²) < 4.78 is 13.4. The zero-order chi connectivity index (χ0) is 23.1. The second-order valence-corrected chi connectivity index (χ2v) is 10.0. The van der Waals surface area contributed by atoms with Gasteiger partial charge in [-0.3, -0.25) is 4.79 Å². The quantitative estimate of drug-likeness (QED) is 0.425. The summed E-state index contributed by atoms with van der Waals surface area (Å²) in [5.41, 5.74) is 3.09. The molecule has 0 aliphatic heterocycles. The molecule has 1 unspecified atom stereocenters. The van der Waals surface area contributed by atoms with E-state index >= 15 is 0 Å². The van der Waals surface area contributed by atoms with Crippen molar-refractivity contribution in [2.45, 2.75) is 71.6 Å². The first kappa shape index (κ1) is 25.1. The van der Waals surface area contributed by atoms with E-state index in [-0.39, 0.29) is 16.8 Å². The molecule has 1 aliphatic carbocycles. The van der Waals surface area contributed by atoms with Crippen molar-refractivity contribution in [3.8, 4) is 0 Å². The molecule has 2 aromatic carbocycles. The molecule has 174 valence electrons. The Morgan fingerprint density at radius 2 is 1.78 bits per heavy atom. The average Bonchev–Trinajstić information content (AvgIpc) is 2.75. The second-order valence-electron chi connectivity index (χ2n) is 9.21. The summed E-state index contributed by atoms with van der Waals surface area (Å²) >= 11 is 12.3. The lowest BCUT2D eigenvalue weighted by Gasteiger charge is -2.28. The predicted molar refractivity (Wildman–Crippen MR) is 133 cm³/mol. The van der Waals surface area contributed by atoms with Crippen molar-refractivity contribution in [2.24, 2.45) is 17.8 Å². The van der Waals surface area contributed by atoms with Crippen molar-refractivity contribution in [1.29, 1.82) is 0 Å². The molecule has 0 heterocycles. The maximum absolute atomic E-state index is 13.4. The van der Waals surface area contributed by atoms with Gasteiger partial charge in [0.2, 0.25) is 5.91 Å². The highest BCUT2D eigenvalue weighted by Gasteiger charge is 2.26. The fourth-order valence-corrected chi connectivity index (χ4v) is 5.31. The third-order valence-electron chi connectivity index (χ3n) is 7.03. The summed E-state index contributed by atoms with van der Waals surface area (Å²) in [5, 5.41) is 3.82. The Morgan fingerprint density at radius 1 is 1.06 bits per heavy atom. The van der Waals surface area contributed by atoms with Crippen LogP contribution in [0, 0.1) is 23.6 Å². The van der Waals surface area contributed by atoms with E-state index in [4.69, 9.17) is 23.2 Å². The fraction of sp³-hybridized carbons (Fsp3) is 0.519. The number of rotatable bonds is 7. The van der Waals surface area contributed by atoms with E-state index < -0.39 is 5.82 Å². The number of benzene rings is 2. The highest BCUT2D eigenvalue weighted by molar-refractivity contribution is 6.31. The normalized spacial score (nSPS) is 20.3. The van der Waals surface area contributed by atoms with E-state index in [1.165, 1.54) is 42.5 Å². The second kappa shape index (κ2) is 12.0. The molecule has 1 N–H and O–H groups in total. The van der Waals surface area contributed by atoms with Crippen LogP contribution in [0.25, 0.3) is 0 Å². The summed E-state index contributed by atoms with van der Waals surface area (Å²) in [7, 11) is 0. The lowest BCUT2D eigenvalue weighted by atomic mass is 9.78. The van der Waals surface area contributed by atoms with Crippen LogP contribution in [0.1, 0.15) is 69.9 Å². The van der Waals surface area contributed by atoms with Gasteiger partial charge in [-0.1, -0.05) is 74.9 Å². The summed E-state index contributed by atoms with van der Waals surface area (Å²) in [6.45, 7) is 4.15. The molecule has 0 aromatic heterocycles. The topological polar surface area (TPSA) is 29.1 Å². The van der Waals surface area contributed by atoms with E-state index in [1.807, 2.05) is 6.92 Å². The van der Waals surface area contributed by atoms with Gasteiger partial charge in [0.1, 0.15) is 5.82 Å². The Bertz CT molecular complexity index is 907. The molecule has 5 heteroatoms. The third-order valence-corrected chi connectivity index (χ3v) is 7.67. The van der Waals surface area contributed by atoms with Crippen molar-refractivity contribution in [2.75, 3.05) is 5.32 Å². The number of aryl methyl sites for hydroxylation is 2. The Hall–Kier alpha value is -1.58. The molecule has 0 saturated heterocycles. The summed E-state index contributed by atoms with van der Waals surface area (Å²) in [5.74, 6) is 0.532. The maximum atomic E-state index is 13.4. The molecule has 0 spiro atoms. The number of hydrogen-bond acceptors (Lipinski definition) is 1. The zero-order valence-electron chi connectivity index (χ0n) is 19.1. The van der Waals surface area contributed by atoms with Crippen LogP contribution in [0.15, 0.2) is 36.4 Å². The smallest absolute Gasteiger partial charge is 0.227 e. The fourth-order valence-electron chi connectivity index (χ4n) is 4.83. The Labute approximate surface area is 201 Å². The molecule has 3 rings (SSSR count). The van der Waals surface area contributed by atoms with Crippen LogP contribution in [0.5, 0.6) is 0 Å². The zero-order valence-corrected chi connectivity index (χ0v) is 20.6. The first-order valence-corrected chi connectivity index (χ1v) is 12.7. The summed E-state index contributed by atoms with van der Waals surface area (Å²) in [4.78, 5) is 12.7. The molecule has 1 atom stereocenters. The van der Waals surface area contributed by atoms with Crippen molar-refractivity contribution >= 4 is 34.8 Å². The lowest BCUT2D eigenvalue weighted by Crippen LogP contribution is -2.28. The van der Waals surface area contributed by atoms with Gasteiger partial charge in [0.05, 0.1) is 5.02 Å². The van der Waals surface area contributed by atoms with Gasteiger partial charge in [-0.25, -0.2) is 4.39 Å². The summed E-state index contributed by atoms with van der Waals surface area (Å²) in [6, 6.07) is 10.8. The molecule has 1 saturated carbocycles. The van der Waals surface area contributed by atoms with Crippen molar-refractivity contribution in [3.05, 3.63) is 63.4 Å². The number of hydrogen-bond donors (Lipinski definition) is 1. The minimum absolute atomic E-state index is 0.0139. The number of halogens is 3. The molecule has 2 aromatic rings. The van der Waals surface area contributed by atoms with Crippen LogP contribution < -0.4 is 5.32 Å². The first-order valence-electron chi connectivity index (χ1n) is 11.9. The van der Waals surface area contributed by atoms with Crippen LogP contribution in [-0.4, -0.2) is 5.91 Å². The van der Waals surface area contributed by atoms with Crippen LogP contribution >= 0.6 is 23.2 Å². The monoisotopic (exact) mass is 477 g/mol. The number of nitrogens with one attached hydrogen (secondary N) is 1. The van der Waals surface area contributed by atoms with Crippen LogP contribution in [0.4, 0.5) is 10.1 Å². The highest BCUT2D eigenvalue weighted by atomic mass is 35.5. The largest absolute Gasteiger partial charge is 0.326 e. The molecular weight excluding hydrogens is 444 g/mol. The molecule has 1 aliphatic rings. The van der Waals surface area contributed by atoms with Gasteiger partial charge < -0.3 is 5.32 Å². The van der Waals surface area contributed by atoms with Gasteiger partial charge in [-0.05, 0) is 79.3 Å². The van der Waals surface area contributed by atoms with Gasteiger partial charge in [0, 0.05) is 16.6 Å². The average molecular weight is 478 g/mol. The van der Waals surface area contributed by atoms with Gasteiger partial charge in [-0.2, -0.15) is 0 Å². The Kier molecular flexibility index (Phi) is 9.43. The number of anilines is 1.